The molecule has 0 unspecified atom stereocenters. The van der Waals surface area contributed by atoms with Gasteiger partial charge < -0.3 is 10.2 Å². The lowest BCUT2D eigenvalue weighted by atomic mass is 9.76. The Morgan fingerprint density at radius 3 is 2.22 bits per heavy atom. The third kappa shape index (κ3) is 3.65. The van der Waals surface area contributed by atoms with Gasteiger partial charge in [-0.15, -0.1) is 15.0 Å². The van der Waals surface area contributed by atoms with Crippen LogP contribution in [0.1, 0.15) is 51.2 Å². The van der Waals surface area contributed by atoms with Crippen LogP contribution in [0.3, 0.4) is 0 Å². The first-order valence-corrected chi connectivity index (χ1v) is 9.28. The van der Waals surface area contributed by atoms with Crippen molar-refractivity contribution < 1.29 is 15.0 Å². The molecule has 0 atom stereocenters. The van der Waals surface area contributed by atoms with E-state index in [-0.39, 0.29) is 17.6 Å². The van der Waals surface area contributed by atoms with Crippen molar-refractivity contribution in [2.24, 2.45) is 0 Å². The number of fused-ring (bicyclic) bond motifs is 1. The molecule has 0 amide bonds. The number of carbonyl (C=O) groups is 1. The predicted octanol–water partition coefficient (Wildman–Crippen LogP) is 4.22. The van der Waals surface area contributed by atoms with Gasteiger partial charge in [-0.05, 0) is 48.4 Å². The summed E-state index contributed by atoms with van der Waals surface area (Å²) in [7, 11) is 0. The molecule has 2 aromatic carbocycles. The fourth-order valence-corrected chi connectivity index (χ4v) is 3.28. The van der Waals surface area contributed by atoms with E-state index in [2.05, 4.69) is 31.0 Å². The molecule has 0 saturated carbocycles. The lowest BCUT2D eigenvalue weighted by Gasteiger charge is -2.29. The largest absolute Gasteiger partial charge is 0.505 e. The Balaban J connectivity index is 2.18. The zero-order chi connectivity index (χ0) is 19.6. The first kappa shape index (κ1) is 18.9. The fraction of sp³-hybridized carbons (Fsp3) is 0.381. The summed E-state index contributed by atoms with van der Waals surface area (Å²) in [6.07, 6.45) is 2.13. The minimum atomic E-state index is -0.845. The van der Waals surface area contributed by atoms with Crippen molar-refractivity contribution in [3.05, 3.63) is 47.5 Å². The van der Waals surface area contributed by atoms with E-state index in [1.165, 1.54) is 4.80 Å². The number of hydrogen-bond donors (Lipinski definition) is 2. The summed E-state index contributed by atoms with van der Waals surface area (Å²) in [4.78, 5) is 12.5. The minimum Gasteiger partial charge on any atom is -0.505 e. The van der Waals surface area contributed by atoms with Crippen LogP contribution >= 0.6 is 0 Å². The molecule has 1 heterocycles. The molecule has 6 nitrogen and oxygen atoms in total. The molecule has 0 bridgehead atoms. The van der Waals surface area contributed by atoms with Crippen molar-refractivity contribution in [1.29, 1.82) is 0 Å². The van der Waals surface area contributed by atoms with Gasteiger partial charge in [-0.25, -0.2) is 0 Å². The molecule has 0 fully saturated rings. The number of carboxylic acids is 1. The van der Waals surface area contributed by atoms with Crippen molar-refractivity contribution in [2.75, 3.05) is 0 Å². The molecule has 0 aliphatic carbocycles. The highest BCUT2D eigenvalue weighted by Gasteiger charge is 2.28. The Morgan fingerprint density at radius 1 is 1.11 bits per heavy atom. The van der Waals surface area contributed by atoms with Crippen molar-refractivity contribution in [3.63, 3.8) is 0 Å². The molecule has 2 N–H and O–H groups in total. The first-order valence-electron chi connectivity index (χ1n) is 9.28. The molecule has 1 aromatic heterocycles. The molecule has 3 aromatic rings. The van der Waals surface area contributed by atoms with E-state index < -0.39 is 5.97 Å². The van der Waals surface area contributed by atoms with Gasteiger partial charge >= 0.3 is 5.97 Å². The highest BCUT2D eigenvalue weighted by molar-refractivity contribution is 5.74. The Morgan fingerprint density at radius 2 is 1.70 bits per heavy atom. The van der Waals surface area contributed by atoms with Crippen LogP contribution < -0.4 is 0 Å². The molecule has 0 spiro atoms. The summed E-state index contributed by atoms with van der Waals surface area (Å²) in [6.45, 7) is 6.29. The maximum absolute atomic E-state index is 11.0. The molecule has 0 aliphatic heterocycles. The Bertz CT molecular complexity index is 941. The Labute approximate surface area is 158 Å². The van der Waals surface area contributed by atoms with Crippen LogP contribution in [0.2, 0.25) is 0 Å². The predicted molar refractivity (Wildman–Crippen MR) is 104 cm³/mol. The van der Waals surface area contributed by atoms with Gasteiger partial charge in [0.2, 0.25) is 0 Å². The second kappa shape index (κ2) is 7.39. The number of benzene rings is 2. The molecule has 6 heteroatoms. The number of rotatable bonds is 7. The van der Waals surface area contributed by atoms with Gasteiger partial charge in [0.25, 0.3) is 0 Å². The van der Waals surface area contributed by atoms with Crippen LogP contribution in [0.15, 0.2) is 36.4 Å². The number of phenolic OH excluding ortho intramolecular Hbond substituents is 1. The van der Waals surface area contributed by atoms with Crippen LogP contribution in [-0.4, -0.2) is 31.2 Å². The Hall–Kier alpha value is -2.89. The number of nitrogens with zero attached hydrogens (tertiary/aromatic N) is 3. The van der Waals surface area contributed by atoms with Gasteiger partial charge in [0.15, 0.2) is 0 Å². The molecular weight excluding hydrogens is 342 g/mol. The van der Waals surface area contributed by atoms with E-state index in [0.29, 0.717) is 12.1 Å². The summed E-state index contributed by atoms with van der Waals surface area (Å²) in [5, 5.41) is 29.1. The van der Waals surface area contributed by atoms with E-state index in [9.17, 15) is 9.90 Å². The second-order valence-corrected chi connectivity index (χ2v) is 7.15. The molecular formula is C21H25N3O3. The maximum atomic E-state index is 11.0. The van der Waals surface area contributed by atoms with Crippen LogP contribution in [0.5, 0.6) is 5.75 Å². The number of aliphatic carboxylic acids is 1. The number of phenols is 1. The van der Waals surface area contributed by atoms with E-state index in [1.54, 1.807) is 6.07 Å². The summed E-state index contributed by atoms with van der Waals surface area (Å²) in [5.74, 6) is -0.691. The van der Waals surface area contributed by atoms with Gasteiger partial charge in [-0.3, -0.25) is 4.79 Å². The summed E-state index contributed by atoms with van der Waals surface area (Å²) >= 11 is 0. The summed E-state index contributed by atoms with van der Waals surface area (Å²) in [6, 6.07) is 11.2. The van der Waals surface area contributed by atoms with E-state index in [4.69, 9.17) is 5.11 Å². The van der Waals surface area contributed by atoms with Crippen molar-refractivity contribution in [2.45, 2.75) is 51.9 Å². The summed E-state index contributed by atoms with van der Waals surface area (Å²) < 4.78 is 0. The van der Waals surface area contributed by atoms with Gasteiger partial charge in [0, 0.05) is 12.0 Å². The highest BCUT2D eigenvalue weighted by atomic mass is 16.4. The van der Waals surface area contributed by atoms with Crippen molar-refractivity contribution >= 4 is 17.0 Å². The van der Waals surface area contributed by atoms with E-state index in [1.807, 2.05) is 30.3 Å². The normalized spacial score (nSPS) is 11.8. The minimum absolute atomic E-state index is 0.0349. The number of aromatic nitrogens is 3. The molecule has 0 radical (unpaired) electrons. The number of aryl methyl sites for hydroxylation is 1. The smallest absolute Gasteiger partial charge is 0.303 e. The SMILES string of the molecule is CCC(C)(CC)c1cc(CCC(=O)O)cc(-n2nc3ccccc3n2)c1O. The monoisotopic (exact) mass is 367 g/mol. The fourth-order valence-electron chi connectivity index (χ4n) is 3.28. The standard InChI is InChI=1S/C21H25N3O3/c1-4-21(3,5-2)15-12-14(10-11-19(25)26)13-18(20(15)27)24-22-16-8-6-7-9-17(16)23-24/h6-9,12-13,27H,4-5,10-11H2,1-3H3,(H,25,26). The highest BCUT2D eigenvalue weighted by Crippen LogP contribution is 2.40. The van der Waals surface area contributed by atoms with Gasteiger partial charge in [0.1, 0.15) is 22.5 Å². The van der Waals surface area contributed by atoms with E-state index >= 15 is 0 Å². The average molecular weight is 367 g/mol. The maximum Gasteiger partial charge on any atom is 0.303 e. The number of carboxylic acid groups (broad SMARTS) is 1. The lowest BCUT2D eigenvalue weighted by molar-refractivity contribution is -0.136. The van der Waals surface area contributed by atoms with Crippen LogP contribution in [0.4, 0.5) is 0 Å². The molecule has 27 heavy (non-hydrogen) atoms. The molecule has 3 rings (SSSR count). The number of aromatic hydroxyl groups is 1. The molecule has 0 saturated heterocycles. The topological polar surface area (TPSA) is 88.2 Å². The Kier molecular flexibility index (Phi) is 5.17. The number of hydrogen-bond acceptors (Lipinski definition) is 4. The van der Waals surface area contributed by atoms with Crippen LogP contribution in [0.25, 0.3) is 16.7 Å². The van der Waals surface area contributed by atoms with Gasteiger partial charge in [0.05, 0.1) is 0 Å². The first-order chi connectivity index (χ1) is 12.9. The molecule has 142 valence electrons. The quantitative estimate of drug-likeness (QED) is 0.653. The second-order valence-electron chi connectivity index (χ2n) is 7.15. The lowest BCUT2D eigenvalue weighted by Crippen LogP contribution is -2.21. The van der Waals surface area contributed by atoms with Crippen molar-refractivity contribution in [3.8, 4) is 11.4 Å². The van der Waals surface area contributed by atoms with Crippen molar-refractivity contribution in [1.82, 2.24) is 15.0 Å². The summed E-state index contributed by atoms with van der Waals surface area (Å²) in [5.41, 5.74) is 3.41. The third-order valence-corrected chi connectivity index (χ3v) is 5.49. The van der Waals surface area contributed by atoms with E-state index in [0.717, 1.165) is 35.0 Å². The average Bonchev–Trinajstić information content (AvgIpc) is 3.10. The van der Waals surface area contributed by atoms with Crippen LogP contribution in [0, 0.1) is 0 Å². The third-order valence-electron chi connectivity index (χ3n) is 5.49. The van der Waals surface area contributed by atoms with Gasteiger partial charge in [-0.1, -0.05) is 39.0 Å². The zero-order valence-corrected chi connectivity index (χ0v) is 15.9. The van der Waals surface area contributed by atoms with Crippen LogP contribution in [-0.2, 0) is 16.6 Å². The molecule has 0 aliphatic rings. The zero-order valence-electron chi connectivity index (χ0n) is 15.9. The van der Waals surface area contributed by atoms with Gasteiger partial charge in [-0.2, -0.15) is 0 Å².